The van der Waals surface area contributed by atoms with E-state index in [0.717, 1.165) is 0 Å². The molecule has 1 aromatic carbocycles. The summed E-state index contributed by atoms with van der Waals surface area (Å²) < 4.78 is 5.62. The molecule has 2 unspecified atom stereocenters. The topological polar surface area (TPSA) is 72.6 Å². The summed E-state index contributed by atoms with van der Waals surface area (Å²) in [6.45, 7) is 3.74. The summed E-state index contributed by atoms with van der Waals surface area (Å²) in [6, 6.07) is 4.30. The lowest BCUT2D eigenvalue weighted by Crippen LogP contribution is -2.56. The zero-order chi connectivity index (χ0) is 13.5. The van der Waals surface area contributed by atoms with E-state index in [-0.39, 0.29) is 17.5 Å². The lowest BCUT2D eigenvalue weighted by atomic mass is 9.66. The summed E-state index contributed by atoms with van der Waals surface area (Å²) in [5, 5.41) is 20.8. The van der Waals surface area contributed by atoms with E-state index in [9.17, 15) is 15.2 Å². The van der Waals surface area contributed by atoms with Gasteiger partial charge in [0.2, 0.25) is 0 Å². The number of rotatable bonds is 3. The Morgan fingerprint density at radius 3 is 2.72 bits per heavy atom. The highest BCUT2D eigenvalue weighted by molar-refractivity contribution is 6.30. The minimum atomic E-state index is -0.524. The van der Waals surface area contributed by atoms with Crippen LogP contribution < -0.4 is 4.74 Å². The van der Waals surface area contributed by atoms with E-state index >= 15 is 0 Å². The van der Waals surface area contributed by atoms with E-state index in [1.54, 1.807) is 6.07 Å². The number of nitro groups is 1. The van der Waals surface area contributed by atoms with Crippen molar-refractivity contribution in [3.8, 4) is 5.75 Å². The van der Waals surface area contributed by atoms with Gasteiger partial charge in [-0.2, -0.15) is 0 Å². The van der Waals surface area contributed by atoms with Gasteiger partial charge < -0.3 is 9.84 Å². The van der Waals surface area contributed by atoms with Crippen molar-refractivity contribution in [2.75, 3.05) is 0 Å². The zero-order valence-corrected chi connectivity index (χ0v) is 10.8. The molecular formula is C12H14ClNO4. The fraction of sp³-hybridized carbons (Fsp3) is 0.500. The van der Waals surface area contributed by atoms with E-state index in [1.165, 1.54) is 12.1 Å². The van der Waals surface area contributed by atoms with Crippen LogP contribution in [0.5, 0.6) is 5.75 Å². The lowest BCUT2D eigenvalue weighted by molar-refractivity contribution is -0.386. The smallest absolute Gasteiger partial charge is 0.312 e. The quantitative estimate of drug-likeness (QED) is 0.678. The van der Waals surface area contributed by atoms with Crippen LogP contribution in [0.2, 0.25) is 5.02 Å². The number of aliphatic hydroxyl groups excluding tert-OH is 1. The normalized spacial score (nSPS) is 25.3. The number of hydrogen-bond acceptors (Lipinski definition) is 4. The van der Waals surface area contributed by atoms with Gasteiger partial charge in [-0.15, -0.1) is 0 Å². The third-order valence-electron chi connectivity index (χ3n) is 3.51. The van der Waals surface area contributed by atoms with Crippen LogP contribution in [0.15, 0.2) is 18.2 Å². The molecule has 0 amide bonds. The fourth-order valence-electron chi connectivity index (χ4n) is 1.95. The van der Waals surface area contributed by atoms with Crippen molar-refractivity contribution in [2.24, 2.45) is 5.41 Å². The summed E-state index contributed by atoms with van der Waals surface area (Å²) in [6.07, 6.45) is -0.187. The van der Waals surface area contributed by atoms with Crippen LogP contribution in [0.1, 0.15) is 20.3 Å². The minimum Gasteiger partial charge on any atom is -0.483 e. The molecule has 1 aliphatic rings. The minimum absolute atomic E-state index is 0.153. The number of hydrogen-bond donors (Lipinski definition) is 1. The monoisotopic (exact) mass is 271 g/mol. The maximum Gasteiger partial charge on any atom is 0.312 e. The number of aliphatic hydroxyl groups is 1. The van der Waals surface area contributed by atoms with E-state index in [4.69, 9.17) is 16.3 Å². The predicted molar refractivity (Wildman–Crippen MR) is 66.9 cm³/mol. The molecule has 0 saturated heterocycles. The third kappa shape index (κ3) is 2.15. The lowest BCUT2D eigenvalue weighted by Gasteiger charge is -2.48. The number of nitro benzene ring substituents is 1. The molecule has 1 N–H and O–H groups in total. The molecule has 0 bridgehead atoms. The second-order valence-corrected chi connectivity index (χ2v) is 5.48. The Labute approximate surface area is 109 Å². The van der Waals surface area contributed by atoms with Crippen molar-refractivity contribution in [1.82, 2.24) is 0 Å². The van der Waals surface area contributed by atoms with Gasteiger partial charge in [-0.25, -0.2) is 0 Å². The fourth-order valence-corrected chi connectivity index (χ4v) is 2.12. The molecule has 1 saturated carbocycles. The van der Waals surface area contributed by atoms with Crippen molar-refractivity contribution < 1.29 is 14.8 Å². The van der Waals surface area contributed by atoms with Gasteiger partial charge in [0.05, 0.1) is 11.0 Å². The average Bonchev–Trinajstić information content (AvgIpc) is 2.30. The van der Waals surface area contributed by atoms with Crippen LogP contribution in [0.3, 0.4) is 0 Å². The molecule has 2 atom stereocenters. The molecule has 0 aliphatic heterocycles. The first-order valence-corrected chi connectivity index (χ1v) is 5.99. The number of halogens is 1. The molecule has 98 valence electrons. The first-order valence-electron chi connectivity index (χ1n) is 5.61. The molecule has 2 rings (SSSR count). The van der Waals surface area contributed by atoms with Crippen LogP contribution in [0.4, 0.5) is 5.69 Å². The van der Waals surface area contributed by atoms with E-state index in [1.807, 2.05) is 13.8 Å². The molecule has 5 nitrogen and oxygen atoms in total. The molecule has 18 heavy (non-hydrogen) atoms. The Morgan fingerprint density at radius 2 is 2.22 bits per heavy atom. The first kappa shape index (κ1) is 13.1. The van der Waals surface area contributed by atoms with Gasteiger partial charge in [0.1, 0.15) is 6.10 Å². The van der Waals surface area contributed by atoms with E-state index in [0.29, 0.717) is 11.4 Å². The maximum absolute atomic E-state index is 10.9. The highest BCUT2D eigenvalue weighted by Gasteiger charge is 2.49. The third-order valence-corrected chi connectivity index (χ3v) is 3.75. The van der Waals surface area contributed by atoms with Crippen LogP contribution in [0, 0.1) is 15.5 Å². The van der Waals surface area contributed by atoms with Crippen molar-refractivity contribution in [2.45, 2.75) is 32.5 Å². The molecule has 0 radical (unpaired) electrons. The van der Waals surface area contributed by atoms with Gasteiger partial charge in [-0.05, 0) is 12.1 Å². The van der Waals surface area contributed by atoms with Gasteiger partial charge >= 0.3 is 5.69 Å². The molecule has 0 spiro atoms. The van der Waals surface area contributed by atoms with Crippen LogP contribution in [-0.2, 0) is 0 Å². The SMILES string of the molecule is CC1(C)C(O)CC1Oc1ccc(Cl)cc1[N+](=O)[O-]. The van der Waals surface area contributed by atoms with Crippen LogP contribution in [-0.4, -0.2) is 22.2 Å². The number of benzene rings is 1. The molecule has 6 heteroatoms. The van der Waals surface area contributed by atoms with Gasteiger partial charge in [-0.3, -0.25) is 10.1 Å². The van der Waals surface area contributed by atoms with Gasteiger partial charge in [0.15, 0.2) is 5.75 Å². The van der Waals surface area contributed by atoms with Crippen LogP contribution in [0.25, 0.3) is 0 Å². The second-order valence-electron chi connectivity index (χ2n) is 5.05. The average molecular weight is 272 g/mol. The summed E-state index contributed by atoms with van der Waals surface area (Å²) >= 11 is 5.72. The molecule has 0 heterocycles. The molecule has 0 aromatic heterocycles. The van der Waals surface area contributed by atoms with E-state index < -0.39 is 16.4 Å². The Bertz CT molecular complexity index is 489. The van der Waals surface area contributed by atoms with Gasteiger partial charge in [-0.1, -0.05) is 25.4 Å². The maximum atomic E-state index is 10.9. The summed E-state index contributed by atoms with van der Waals surface area (Å²) in [4.78, 5) is 10.4. The van der Waals surface area contributed by atoms with Gasteiger partial charge in [0, 0.05) is 22.9 Å². The van der Waals surface area contributed by atoms with Crippen molar-refractivity contribution in [1.29, 1.82) is 0 Å². The van der Waals surface area contributed by atoms with E-state index in [2.05, 4.69) is 0 Å². The molecule has 1 aromatic rings. The van der Waals surface area contributed by atoms with Gasteiger partial charge in [0.25, 0.3) is 0 Å². The summed E-state index contributed by atoms with van der Waals surface area (Å²) in [5.74, 6) is 0.189. The van der Waals surface area contributed by atoms with Crippen molar-refractivity contribution in [3.63, 3.8) is 0 Å². The first-order chi connectivity index (χ1) is 8.32. The highest BCUT2D eigenvalue weighted by atomic mass is 35.5. The standard InChI is InChI=1S/C12H14ClNO4/c1-12(2)10(15)6-11(12)18-9-4-3-7(13)5-8(9)14(16)17/h3-5,10-11,15H,6H2,1-2H3. The highest BCUT2D eigenvalue weighted by Crippen LogP contribution is 2.44. The number of nitrogens with zero attached hydrogens (tertiary/aromatic N) is 1. The van der Waals surface area contributed by atoms with Crippen molar-refractivity contribution >= 4 is 17.3 Å². The number of ether oxygens (including phenoxy) is 1. The second kappa shape index (κ2) is 4.40. The molecular weight excluding hydrogens is 258 g/mol. The van der Waals surface area contributed by atoms with Crippen LogP contribution >= 0.6 is 11.6 Å². The Hall–Kier alpha value is -1.33. The largest absolute Gasteiger partial charge is 0.483 e. The Morgan fingerprint density at radius 1 is 1.56 bits per heavy atom. The summed E-state index contributed by atoms with van der Waals surface area (Å²) in [7, 11) is 0. The Balaban J connectivity index is 2.23. The van der Waals surface area contributed by atoms with Crippen molar-refractivity contribution in [3.05, 3.63) is 33.3 Å². The summed E-state index contributed by atoms with van der Waals surface area (Å²) in [5.41, 5.74) is -0.548. The zero-order valence-electron chi connectivity index (χ0n) is 10.1. The Kier molecular flexibility index (Phi) is 3.21. The molecule has 1 aliphatic carbocycles. The predicted octanol–water partition coefficient (Wildman–Crippen LogP) is 2.79. The molecule has 1 fully saturated rings.